The van der Waals surface area contributed by atoms with Gasteiger partial charge in [-0.3, -0.25) is 4.90 Å². The number of nitrogens with zero attached hydrogens (tertiary/aromatic N) is 1. The Hall–Kier alpha value is -1.06. The van der Waals surface area contributed by atoms with E-state index in [1.54, 1.807) is 0 Å². The molecule has 1 saturated carbocycles. The summed E-state index contributed by atoms with van der Waals surface area (Å²) in [7, 11) is 0. The van der Waals surface area contributed by atoms with Gasteiger partial charge in [0, 0.05) is 30.8 Å². The van der Waals surface area contributed by atoms with E-state index in [4.69, 9.17) is 10.5 Å². The van der Waals surface area contributed by atoms with Crippen LogP contribution in [0, 0.1) is 0 Å². The fraction of sp³-hybridized carbons (Fsp3) is 0.667. The first-order valence-corrected chi connectivity index (χ1v) is 8.42. The number of hydrogen-bond donors (Lipinski definition) is 1. The monoisotopic (exact) mass is 288 g/mol. The predicted octanol–water partition coefficient (Wildman–Crippen LogP) is 3.19. The Bertz CT molecular complexity index is 453. The average molecular weight is 288 g/mol. The molecule has 1 aliphatic heterocycles. The number of rotatable bonds is 6. The van der Waals surface area contributed by atoms with Crippen molar-refractivity contribution < 1.29 is 4.74 Å². The highest BCUT2D eigenvalue weighted by Crippen LogP contribution is 2.49. The first kappa shape index (κ1) is 14.9. The lowest BCUT2D eigenvalue weighted by Crippen LogP contribution is -2.43. The zero-order valence-corrected chi connectivity index (χ0v) is 13.2. The van der Waals surface area contributed by atoms with E-state index in [9.17, 15) is 0 Å². The molecule has 1 atom stereocenters. The molecule has 1 unspecified atom stereocenters. The van der Waals surface area contributed by atoms with Crippen molar-refractivity contribution in [3.05, 3.63) is 29.8 Å². The van der Waals surface area contributed by atoms with Crippen molar-refractivity contribution >= 4 is 5.69 Å². The number of piperidine rings is 1. The zero-order valence-electron chi connectivity index (χ0n) is 13.2. The number of hydrogen-bond acceptors (Lipinski definition) is 3. The lowest BCUT2D eigenvalue weighted by Gasteiger charge is -2.35. The summed E-state index contributed by atoms with van der Waals surface area (Å²) in [6.45, 7) is 6.60. The maximum absolute atomic E-state index is 5.96. The molecule has 3 nitrogen and oxygen atoms in total. The number of benzene rings is 1. The van der Waals surface area contributed by atoms with E-state index in [2.05, 4.69) is 24.0 Å². The van der Waals surface area contributed by atoms with Crippen LogP contribution >= 0.6 is 0 Å². The fourth-order valence-electron chi connectivity index (χ4n) is 3.53. The minimum atomic E-state index is 0.389. The maximum Gasteiger partial charge on any atom is 0.0702 e. The summed E-state index contributed by atoms with van der Waals surface area (Å²) >= 11 is 0. The van der Waals surface area contributed by atoms with Crippen molar-refractivity contribution in [2.24, 2.45) is 0 Å². The van der Waals surface area contributed by atoms with Gasteiger partial charge in [-0.2, -0.15) is 0 Å². The Morgan fingerprint density at radius 1 is 1.29 bits per heavy atom. The lowest BCUT2D eigenvalue weighted by atomic mass is 9.94. The minimum absolute atomic E-state index is 0.389. The van der Waals surface area contributed by atoms with E-state index in [0.717, 1.165) is 25.3 Å². The molecule has 2 aliphatic rings. The molecular weight excluding hydrogens is 260 g/mol. The lowest BCUT2D eigenvalue weighted by molar-refractivity contribution is -0.00231. The highest BCUT2D eigenvalue weighted by molar-refractivity contribution is 5.43. The topological polar surface area (TPSA) is 38.5 Å². The SMILES string of the molecule is CCCOC1CCCN(CC2(c3ccc(N)cc3)CC2)C1. The van der Waals surface area contributed by atoms with Crippen LogP contribution in [-0.4, -0.2) is 37.2 Å². The molecule has 3 rings (SSSR count). The van der Waals surface area contributed by atoms with Crippen molar-refractivity contribution in [1.29, 1.82) is 0 Å². The highest BCUT2D eigenvalue weighted by atomic mass is 16.5. The second-order valence-electron chi connectivity index (χ2n) is 6.77. The van der Waals surface area contributed by atoms with Crippen LogP contribution in [0.25, 0.3) is 0 Å². The zero-order chi connectivity index (χ0) is 14.7. The molecular formula is C18H28N2O. The molecule has 2 fully saturated rings. The number of nitrogen functional groups attached to an aromatic ring is 1. The van der Waals surface area contributed by atoms with Crippen LogP contribution in [0.15, 0.2) is 24.3 Å². The Morgan fingerprint density at radius 3 is 2.71 bits per heavy atom. The Balaban J connectivity index is 1.59. The van der Waals surface area contributed by atoms with Gasteiger partial charge in [0.25, 0.3) is 0 Å². The summed E-state index contributed by atoms with van der Waals surface area (Å²) < 4.78 is 5.96. The summed E-state index contributed by atoms with van der Waals surface area (Å²) in [6.07, 6.45) is 6.69. The van der Waals surface area contributed by atoms with Crippen LogP contribution in [0.2, 0.25) is 0 Å². The molecule has 1 aromatic carbocycles. The Labute approximate surface area is 128 Å². The molecule has 0 aromatic heterocycles. The van der Waals surface area contributed by atoms with Crippen LogP contribution in [0.5, 0.6) is 0 Å². The van der Waals surface area contributed by atoms with Crippen molar-refractivity contribution in [3.63, 3.8) is 0 Å². The number of likely N-dealkylation sites (tertiary alicyclic amines) is 1. The molecule has 0 radical (unpaired) electrons. The molecule has 1 aliphatic carbocycles. The van der Waals surface area contributed by atoms with Gasteiger partial charge in [-0.05, 0) is 56.3 Å². The third-order valence-corrected chi connectivity index (χ3v) is 4.92. The van der Waals surface area contributed by atoms with Crippen molar-refractivity contribution in [3.8, 4) is 0 Å². The number of ether oxygens (including phenoxy) is 1. The third-order valence-electron chi connectivity index (χ3n) is 4.92. The van der Waals surface area contributed by atoms with Crippen LogP contribution < -0.4 is 5.73 Å². The van der Waals surface area contributed by atoms with E-state index in [0.29, 0.717) is 11.5 Å². The van der Waals surface area contributed by atoms with Crippen LogP contribution in [0.4, 0.5) is 5.69 Å². The largest absolute Gasteiger partial charge is 0.399 e. The number of anilines is 1. The third kappa shape index (κ3) is 3.58. The summed E-state index contributed by atoms with van der Waals surface area (Å²) in [4.78, 5) is 2.62. The molecule has 0 bridgehead atoms. The van der Waals surface area contributed by atoms with Crippen LogP contribution in [0.3, 0.4) is 0 Å². The smallest absolute Gasteiger partial charge is 0.0702 e. The van der Waals surface area contributed by atoms with Gasteiger partial charge in [0.1, 0.15) is 0 Å². The van der Waals surface area contributed by atoms with E-state index < -0.39 is 0 Å². The first-order valence-electron chi connectivity index (χ1n) is 8.42. The van der Waals surface area contributed by atoms with Crippen molar-refractivity contribution in [2.75, 3.05) is 32.0 Å². The van der Waals surface area contributed by atoms with Crippen molar-refractivity contribution in [2.45, 2.75) is 50.5 Å². The quantitative estimate of drug-likeness (QED) is 0.817. The van der Waals surface area contributed by atoms with Gasteiger partial charge in [-0.15, -0.1) is 0 Å². The van der Waals surface area contributed by atoms with Crippen LogP contribution in [-0.2, 0) is 10.2 Å². The molecule has 2 N–H and O–H groups in total. The summed E-state index contributed by atoms with van der Waals surface area (Å²) in [5, 5.41) is 0. The minimum Gasteiger partial charge on any atom is -0.399 e. The predicted molar refractivity (Wildman–Crippen MR) is 87.5 cm³/mol. The maximum atomic E-state index is 5.96. The number of nitrogens with two attached hydrogens (primary N) is 1. The van der Waals surface area contributed by atoms with Gasteiger partial charge in [-0.25, -0.2) is 0 Å². The van der Waals surface area contributed by atoms with E-state index in [1.807, 2.05) is 12.1 Å². The standard InChI is InChI=1S/C18H28N2O/c1-2-12-21-17-4-3-11-20(13-17)14-18(9-10-18)15-5-7-16(19)8-6-15/h5-8,17H,2-4,9-14,19H2,1H3. The second kappa shape index (κ2) is 6.37. The molecule has 1 heterocycles. The molecule has 116 valence electrons. The summed E-state index contributed by atoms with van der Waals surface area (Å²) in [5.41, 5.74) is 8.53. The highest BCUT2D eigenvalue weighted by Gasteiger charge is 2.45. The molecule has 0 amide bonds. The van der Waals surface area contributed by atoms with Gasteiger partial charge < -0.3 is 10.5 Å². The van der Waals surface area contributed by atoms with Gasteiger partial charge >= 0.3 is 0 Å². The second-order valence-corrected chi connectivity index (χ2v) is 6.77. The molecule has 0 spiro atoms. The van der Waals surface area contributed by atoms with Crippen molar-refractivity contribution in [1.82, 2.24) is 4.90 Å². The fourth-order valence-corrected chi connectivity index (χ4v) is 3.53. The van der Waals surface area contributed by atoms with Gasteiger partial charge in [-0.1, -0.05) is 19.1 Å². The Kier molecular flexibility index (Phi) is 4.51. The van der Waals surface area contributed by atoms with Gasteiger partial charge in [0.2, 0.25) is 0 Å². The molecule has 3 heteroatoms. The molecule has 1 aromatic rings. The van der Waals surface area contributed by atoms with E-state index >= 15 is 0 Å². The van der Waals surface area contributed by atoms with Crippen LogP contribution in [0.1, 0.15) is 44.6 Å². The average Bonchev–Trinajstić information content (AvgIpc) is 3.27. The van der Waals surface area contributed by atoms with Gasteiger partial charge in [0.05, 0.1) is 6.10 Å². The normalized spacial score (nSPS) is 24.9. The van der Waals surface area contributed by atoms with Gasteiger partial charge in [0.15, 0.2) is 0 Å². The molecule has 1 saturated heterocycles. The van der Waals surface area contributed by atoms with E-state index in [1.165, 1.54) is 44.3 Å². The Morgan fingerprint density at radius 2 is 2.05 bits per heavy atom. The summed E-state index contributed by atoms with van der Waals surface area (Å²) in [6, 6.07) is 8.52. The molecule has 21 heavy (non-hydrogen) atoms. The van der Waals surface area contributed by atoms with E-state index in [-0.39, 0.29) is 0 Å². The first-order chi connectivity index (χ1) is 10.2. The summed E-state index contributed by atoms with van der Waals surface area (Å²) in [5.74, 6) is 0.